The molecule has 0 saturated carbocycles. The fourth-order valence-corrected chi connectivity index (χ4v) is 3.30. The molecule has 0 aliphatic rings. The first-order chi connectivity index (χ1) is 12.8. The van der Waals surface area contributed by atoms with Gasteiger partial charge < -0.3 is 0 Å². The molecule has 5 rings (SSSR count). The highest BCUT2D eigenvalue weighted by Gasteiger charge is 2.14. The van der Waals surface area contributed by atoms with E-state index < -0.39 is 0 Å². The summed E-state index contributed by atoms with van der Waals surface area (Å²) in [6, 6.07) is 24.8. The molecular weight excluding hydrogens is 320 g/mol. The highest BCUT2D eigenvalue weighted by molar-refractivity contribution is 5.96. The first-order valence-corrected chi connectivity index (χ1v) is 8.57. The van der Waals surface area contributed by atoms with Crippen LogP contribution in [0.4, 0.5) is 0 Å². The number of rotatable bonds is 2. The van der Waals surface area contributed by atoms with Gasteiger partial charge in [0.1, 0.15) is 11.2 Å². The lowest BCUT2D eigenvalue weighted by molar-refractivity contribution is 0.891. The lowest BCUT2D eigenvalue weighted by Gasteiger charge is -2.04. The van der Waals surface area contributed by atoms with Gasteiger partial charge in [-0.15, -0.1) is 5.10 Å². The van der Waals surface area contributed by atoms with Gasteiger partial charge in [-0.25, -0.2) is 4.68 Å². The van der Waals surface area contributed by atoms with E-state index in [1.165, 1.54) is 10.8 Å². The lowest BCUT2D eigenvalue weighted by atomic mass is 10.0. The summed E-state index contributed by atoms with van der Waals surface area (Å²) in [5.74, 6) is 0. The van der Waals surface area contributed by atoms with Crippen molar-refractivity contribution >= 4 is 21.7 Å². The summed E-state index contributed by atoms with van der Waals surface area (Å²) in [7, 11) is 0. The highest BCUT2D eigenvalue weighted by Crippen LogP contribution is 2.29. The average molecular weight is 336 g/mol. The maximum absolute atomic E-state index is 4.75. The van der Waals surface area contributed by atoms with Crippen LogP contribution in [0.15, 0.2) is 79.0 Å². The lowest BCUT2D eigenvalue weighted by Crippen LogP contribution is -1.94. The highest BCUT2D eigenvalue weighted by atomic mass is 15.3. The van der Waals surface area contributed by atoms with Crippen molar-refractivity contribution in [2.24, 2.45) is 0 Å². The Balaban J connectivity index is 1.74. The van der Waals surface area contributed by atoms with Crippen LogP contribution in [0.3, 0.4) is 0 Å². The van der Waals surface area contributed by atoms with Crippen molar-refractivity contribution < 1.29 is 0 Å². The monoisotopic (exact) mass is 336 g/mol. The third-order valence-corrected chi connectivity index (χ3v) is 4.66. The molecule has 5 aromatic rings. The van der Waals surface area contributed by atoms with Gasteiger partial charge in [-0.2, -0.15) is 10.2 Å². The largest absolute Gasteiger partial charge is 0.240 e. The first-order valence-electron chi connectivity index (χ1n) is 8.57. The van der Waals surface area contributed by atoms with Gasteiger partial charge in [0.15, 0.2) is 0 Å². The molecule has 2 heterocycles. The number of hydrogen-bond donors (Lipinski definition) is 0. The van der Waals surface area contributed by atoms with Crippen LogP contribution in [-0.2, 0) is 0 Å². The van der Waals surface area contributed by atoms with E-state index in [4.69, 9.17) is 5.10 Å². The molecule has 3 aromatic carbocycles. The summed E-state index contributed by atoms with van der Waals surface area (Å²) in [5, 5.41) is 17.0. The maximum atomic E-state index is 4.75. The second-order valence-electron chi connectivity index (χ2n) is 6.37. The van der Waals surface area contributed by atoms with Crippen LogP contribution in [0.5, 0.6) is 0 Å². The molecule has 0 unspecified atom stereocenters. The molecule has 0 spiro atoms. The second kappa shape index (κ2) is 5.77. The number of fused-ring (bicyclic) bond motifs is 2. The molecule has 0 atom stereocenters. The molecule has 0 N–H and O–H groups in total. The van der Waals surface area contributed by atoms with Crippen LogP contribution in [0.1, 0.15) is 5.69 Å². The van der Waals surface area contributed by atoms with Gasteiger partial charge >= 0.3 is 0 Å². The minimum absolute atomic E-state index is 0.833. The van der Waals surface area contributed by atoms with E-state index in [1.54, 1.807) is 0 Å². The predicted octanol–water partition coefficient (Wildman–Crippen LogP) is 4.94. The molecule has 26 heavy (non-hydrogen) atoms. The zero-order chi connectivity index (χ0) is 17.5. The van der Waals surface area contributed by atoms with E-state index in [2.05, 4.69) is 52.7 Å². The number of hydrogen-bond acceptors (Lipinski definition) is 3. The normalized spacial score (nSPS) is 11.3. The standard InChI is InChI=1S/C22H16N4/c1-15-21-20(14-26(25-21)19-9-3-2-4-10-19)22(24-23-15)18-12-11-16-7-5-6-8-17(16)13-18/h2-14H,1H3. The summed E-state index contributed by atoms with van der Waals surface area (Å²) >= 11 is 0. The quantitative estimate of drug-likeness (QED) is 0.458. The zero-order valence-corrected chi connectivity index (χ0v) is 14.3. The van der Waals surface area contributed by atoms with Crippen LogP contribution >= 0.6 is 0 Å². The van der Waals surface area contributed by atoms with E-state index in [0.29, 0.717) is 0 Å². The SMILES string of the molecule is Cc1nnc(-c2ccc3ccccc3c2)c2cn(-c3ccccc3)nc12. The molecule has 4 nitrogen and oxygen atoms in total. The summed E-state index contributed by atoms with van der Waals surface area (Å²) < 4.78 is 1.89. The maximum Gasteiger partial charge on any atom is 0.118 e. The molecule has 4 heteroatoms. The Morgan fingerprint density at radius 3 is 2.38 bits per heavy atom. The predicted molar refractivity (Wildman–Crippen MR) is 104 cm³/mol. The molecule has 0 amide bonds. The molecule has 0 fully saturated rings. The Morgan fingerprint density at radius 1 is 0.769 bits per heavy atom. The molecular formula is C22H16N4. The summed E-state index contributed by atoms with van der Waals surface area (Å²) in [5.41, 5.74) is 4.64. The Hall–Kier alpha value is -3.53. The minimum Gasteiger partial charge on any atom is -0.240 e. The zero-order valence-electron chi connectivity index (χ0n) is 14.3. The molecule has 2 aromatic heterocycles. The van der Waals surface area contributed by atoms with E-state index in [-0.39, 0.29) is 0 Å². The van der Waals surface area contributed by atoms with E-state index in [9.17, 15) is 0 Å². The Morgan fingerprint density at radius 2 is 1.54 bits per heavy atom. The van der Waals surface area contributed by atoms with Crippen molar-refractivity contribution in [3.63, 3.8) is 0 Å². The summed E-state index contributed by atoms with van der Waals surface area (Å²) in [6.07, 6.45) is 2.04. The van der Waals surface area contributed by atoms with Gasteiger partial charge in [0.2, 0.25) is 0 Å². The molecule has 0 aliphatic carbocycles. The minimum atomic E-state index is 0.833. The van der Waals surface area contributed by atoms with E-state index in [0.717, 1.165) is 33.5 Å². The average Bonchev–Trinajstić information content (AvgIpc) is 3.15. The van der Waals surface area contributed by atoms with Crippen LogP contribution < -0.4 is 0 Å². The van der Waals surface area contributed by atoms with Gasteiger partial charge in [-0.3, -0.25) is 0 Å². The third-order valence-electron chi connectivity index (χ3n) is 4.66. The first kappa shape index (κ1) is 14.8. The van der Waals surface area contributed by atoms with E-state index >= 15 is 0 Å². The van der Waals surface area contributed by atoms with Crippen LogP contribution in [-0.4, -0.2) is 20.0 Å². The molecule has 0 bridgehead atoms. The number of nitrogens with zero attached hydrogens (tertiary/aromatic N) is 4. The van der Waals surface area contributed by atoms with Gasteiger partial charge in [-0.1, -0.05) is 54.6 Å². The van der Waals surface area contributed by atoms with Crippen molar-refractivity contribution in [3.8, 4) is 16.9 Å². The molecule has 0 radical (unpaired) electrons. The topological polar surface area (TPSA) is 43.6 Å². The Bertz CT molecular complexity index is 1240. The van der Waals surface area contributed by atoms with Crippen LogP contribution in [0.2, 0.25) is 0 Å². The van der Waals surface area contributed by atoms with Crippen molar-refractivity contribution in [3.05, 3.63) is 84.7 Å². The van der Waals surface area contributed by atoms with Gasteiger partial charge in [0.25, 0.3) is 0 Å². The molecule has 0 saturated heterocycles. The summed E-state index contributed by atoms with van der Waals surface area (Å²) in [6.45, 7) is 1.95. The van der Waals surface area contributed by atoms with E-state index in [1.807, 2.05) is 48.1 Å². The second-order valence-corrected chi connectivity index (χ2v) is 6.37. The van der Waals surface area contributed by atoms with Gasteiger partial charge in [0, 0.05) is 11.8 Å². The van der Waals surface area contributed by atoms with Crippen molar-refractivity contribution in [2.45, 2.75) is 6.92 Å². The Labute approximate surface area is 150 Å². The smallest absolute Gasteiger partial charge is 0.118 e. The van der Waals surface area contributed by atoms with Crippen LogP contribution in [0.25, 0.3) is 38.6 Å². The third kappa shape index (κ3) is 2.35. The molecule has 124 valence electrons. The number of aromatic nitrogens is 4. The number of benzene rings is 3. The van der Waals surface area contributed by atoms with Crippen LogP contribution in [0, 0.1) is 6.92 Å². The number of aryl methyl sites for hydroxylation is 1. The Kier molecular flexibility index (Phi) is 3.28. The van der Waals surface area contributed by atoms with Crippen molar-refractivity contribution in [1.82, 2.24) is 20.0 Å². The van der Waals surface area contributed by atoms with Crippen molar-refractivity contribution in [2.75, 3.05) is 0 Å². The van der Waals surface area contributed by atoms with Crippen molar-refractivity contribution in [1.29, 1.82) is 0 Å². The molecule has 0 aliphatic heterocycles. The van der Waals surface area contributed by atoms with Gasteiger partial charge in [0.05, 0.1) is 16.8 Å². The number of para-hydroxylation sites is 1. The fraction of sp³-hybridized carbons (Fsp3) is 0.0455. The summed E-state index contributed by atoms with van der Waals surface area (Å²) in [4.78, 5) is 0. The fourth-order valence-electron chi connectivity index (χ4n) is 3.30. The van der Waals surface area contributed by atoms with Gasteiger partial charge in [-0.05, 0) is 35.9 Å².